The van der Waals surface area contributed by atoms with Crippen molar-refractivity contribution in [2.24, 2.45) is 0 Å². The zero-order valence-corrected chi connectivity index (χ0v) is 13.7. The summed E-state index contributed by atoms with van der Waals surface area (Å²) in [7, 11) is 0. The molecular weight excluding hydrogens is 353 g/mol. The van der Waals surface area contributed by atoms with Crippen LogP contribution in [0.3, 0.4) is 0 Å². The summed E-state index contributed by atoms with van der Waals surface area (Å²) < 4.78 is 53.8. The first kappa shape index (κ1) is 17.8. The Labute approximate surface area is 146 Å². The molecular formula is C18H13F3O5. The van der Waals surface area contributed by atoms with Crippen LogP contribution in [0.1, 0.15) is 25.2 Å². The van der Waals surface area contributed by atoms with Crippen molar-refractivity contribution < 1.29 is 36.7 Å². The molecule has 3 rings (SSSR count). The lowest BCUT2D eigenvalue weighted by Gasteiger charge is -2.29. The molecule has 1 saturated heterocycles. The number of furan rings is 1. The van der Waals surface area contributed by atoms with Gasteiger partial charge in [0.1, 0.15) is 17.1 Å². The van der Waals surface area contributed by atoms with Gasteiger partial charge in [-0.1, -0.05) is 12.1 Å². The lowest BCUT2D eigenvalue weighted by Crippen LogP contribution is -2.41. The van der Waals surface area contributed by atoms with Crippen LogP contribution in [0.15, 0.2) is 46.4 Å². The second kappa shape index (κ2) is 6.05. The highest BCUT2D eigenvalue weighted by Gasteiger charge is 2.39. The molecule has 2 aromatic rings. The highest BCUT2D eigenvalue weighted by atomic mass is 19.4. The second-order valence-electron chi connectivity index (χ2n) is 6.02. The van der Waals surface area contributed by atoms with Crippen LogP contribution in [0, 0.1) is 0 Å². The van der Waals surface area contributed by atoms with Crippen LogP contribution >= 0.6 is 0 Å². The topological polar surface area (TPSA) is 65.7 Å². The number of esters is 2. The Morgan fingerprint density at radius 1 is 1.00 bits per heavy atom. The zero-order valence-electron chi connectivity index (χ0n) is 13.7. The summed E-state index contributed by atoms with van der Waals surface area (Å²) in [5.74, 6) is -2.86. The first-order valence-electron chi connectivity index (χ1n) is 7.51. The maximum absolute atomic E-state index is 12.8. The minimum absolute atomic E-state index is 0.0982. The minimum atomic E-state index is -4.48. The van der Waals surface area contributed by atoms with Crippen molar-refractivity contribution in [2.45, 2.75) is 25.8 Å². The van der Waals surface area contributed by atoms with E-state index in [1.54, 1.807) is 0 Å². The van der Waals surface area contributed by atoms with Crippen molar-refractivity contribution in [1.29, 1.82) is 0 Å². The van der Waals surface area contributed by atoms with E-state index in [-0.39, 0.29) is 22.7 Å². The third-order valence-corrected chi connectivity index (χ3v) is 3.50. The minimum Gasteiger partial charge on any atom is -0.457 e. The molecule has 0 amide bonds. The number of hydrogen-bond donors (Lipinski definition) is 0. The maximum atomic E-state index is 12.8. The van der Waals surface area contributed by atoms with Crippen molar-refractivity contribution in [2.75, 3.05) is 0 Å². The van der Waals surface area contributed by atoms with E-state index in [0.29, 0.717) is 0 Å². The number of benzene rings is 1. The molecule has 0 unspecified atom stereocenters. The normalized spacial score (nSPS) is 16.9. The molecule has 5 nitrogen and oxygen atoms in total. The van der Waals surface area contributed by atoms with Gasteiger partial charge in [-0.25, -0.2) is 9.59 Å². The number of cyclic esters (lactones) is 2. The van der Waals surface area contributed by atoms with E-state index in [0.717, 1.165) is 18.2 Å². The van der Waals surface area contributed by atoms with E-state index in [4.69, 9.17) is 13.9 Å². The first-order chi connectivity index (χ1) is 12.0. The largest absolute Gasteiger partial charge is 0.457 e. The highest BCUT2D eigenvalue weighted by molar-refractivity contribution is 6.18. The van der Waals surface area contributed by atoms with E-state index in [9.17, 15) is 22.8 Å². The predicted octanol–water partition coefficient (Wildman–Crippen LogP) is 4.18. The average Bonchev–Trinajstić information content (AvgIpc) is 2.98. The van der Waals surface area contributed by atoms with Gasteiger partial charge in [-0.15, -0.1) is 0 Å². The van der Waals surface area contributed by atoms with Crippen LogP contribution in [-0.4, -0.2) is 17.7 Å². The Balaban J connectivity index is 1.89. The van der Waals surface area contributed by atoms with Crippen LogP contribution in [0.2, 0.25) is 0 Å². The summed E-state index contributed by atoms with van der Waals surface area (Å²) in [5, 5.41) is 0. The fraction of sp³-hybridized carbons (Fsp3) is 0.222. The molecule has 0 aliphatic carbocycles. The van der Waals surface area contributed by atoms with Crippen LogP contribution < -0.4 is 0 Å². The van der Waals surface area contributed by atoms with Crippen LogP contribution in [0.5, 0.6) is 0 Å². The van der Waals surface area contributed by atoms with Crippen molar-refractivity contribution in [3.05, 3.63) is 53.3 Å². The quantitative estimate of drug-likeness (QED) is 0.453. The number of rotatable bonds is 2. The fourth-order valence-electron chi connectivity index (χ4n) is 2.36. The van der Waals surface area contributed by atoms with Crippen molar-refractivity contribution in [3.8, 4) is 11.3 Å². The number of ether oxygens (including phenoxy) is 2. The first-order valence-corrected chi connectivity index (χ1v) is 7.51. The van der Waals surface area contributed by atoms with Crippen molar-refractivity contribution in [1.82, 2.24) is 0 Å². The molecule has 0 N–H and O–H groups in total. The summed E-state index contributed by atoms with van der Waals surface area (Å²) in [6.07, 6.45) is -3.35. The molecule has 0 atom stereocenters. The number of carbonyl (C=O) groups excluding carboxylic acids is 2. The molecule has 1 aliphatic rings. The molecule has 1 aromatic heterocycles. The van der Waals surface area contributed by atoms with Gasteiger partial charge in [0, 0.05) is 25.5 Å². The summed E-state index contributed by atoms with van der Waals surface area (Å²) >= 11 is 0. The third kappa shape index (κ3) is 3.63. The summed E-state index contributed by atoms with van der Waals surface area (Å²) in [6.45, 7) is 2.83. The van der Waals surface area contributed by atoms with Gasteiger partial charge >= 0.3 is 18.1 Å². The maximum Gasteiger partial charge on any atom is 0.416 e. The molecule has 8 heteroatoms. The van der Waals surface area contributed by atoms with Gasteiger partial charge in [0.2, 0.25) is 0 Å². The van der Waals surface area contributed by atoms with E-state index < -0.39 is 29.5 Å². The van der Waals surface area contributed by atoms with Gasteiger partial charge in [0.25, 0.3) is 5.79 Å². The van der Waals surface area contributed by atoms with E-state index in [1.807, 2.05) is 0 Å². The Morgan fingerprint density at radius 2 is 1.65 bits per heavy atom. The SMILES string of the molecule is CC1(C)OC(=O)C(=Cc2ccc(-c3cccc(C(F)(F)F)c3)o2)C(=O)O1. The fourth-order valence-corrected chi connectivity index (χ4v) is 2.36. The lowest BCUT2D eigenvalue weighted by atomic mass is 10.1. The molecule has 1 fully saturated rings. The lowest BCUT2D eigenvalue weighted by molar-refractivity contribution is -0.222. The van der Waals surface area contributed by atoms with E-state index in [1.165, 1.54) is 38.1 Å². The highest BCUT2D eigenvalue weighted by Crippen LogP contribution is 2.33. The van der Waals surface area contributed by atoms with Gasteiger partial charge in [0.15, 0.2) is 0 Å². The van der Waals surface area contributed by atoms with Gasteiger partial charge < -0.3 is 13.9 Å². The van der Waals surface area contributed by atoms with Gasteiger partial charge in [0.05, 0.1) is 5.56 Å². The molecule has 136 valence electrons. The second-order valence-corrected chi connectivity index (χ2v) is 6.02. The summed E-state index contributed by atoms with van der Waals surface area (Å²) in [5.41, 5.74) is -0.971. The van der Waals surface area contributed by atoms with E-state index in [2.05, 4.69) is 0 Å². The Bertz CT molecular complexity index is 884. The Kier molecular flexibility index (Phi) is 4.14. The van der Waals surface area contributed by atoms with Crippen LogP contribution in [-0.2, 0) is 25.2 Å². The van der Waals surface area contributed by atoms with Crippen LogP contribution in [0.25, 0.3) is 17.4 Å². The Morgan fingerprint density at radius 3 is 2.27 bits per heavy atom. The van der Waals surface area contributed by atoms with Crippen molar-refractivity contribution in [3.63, 3.8) is 0 Å². The zero-order chi connectivity index (χ0) is 19.1. The molecule has 0 bridgehead atoms. The van der Waals surface area contributed by atoms with Crippen molar-refractivity contribution >= 4 is 18.0 Å². The smallest absolute Gasteiger partial charge is 0.416 e. The average molecular weight is 366 g/mol. The predicted molar refractivity (Wildman–Crippen MR) is 83.4 cm³/mol. The number of alkyl halides is 3. The molecule has 1 aliphatic heterocycles. The number of halogens is 3. The molecule has 0 radical (unpaired) electrons. The van der Waals surface area contributed by atoms with Gasteiger partial charge in [-0.2, -0.15) is 13.2 Å². The van der Waals surface area contributed by atoms with Gasteiger partial charge in [-0.05, 0) is 24.3 Å². The summed E-state index contributed by atoms with van der Waals surface area (Å²) in [4.78, 5) is 23.8. The number of hydrogen-bond acceptors (Lipinski definition) is 5. The van der Waals surface area contributed by atoms with E-state index >= 15 is 0 Å². The standard InChI is InChI=1S/C18H13F3O5/c1-17(2)25-15(22)13(16(23)26-17)9-12-6-7-14(24-12)10-4-3-5-11(8-10)18(19,20)21/h3-9H,1-2H3. The molecule has 26 heavy (non-hydrogen) atoms. The summed E-state index contributed by atoms with van der Waals surface area (Å²) in [6, 6.07) is 7.47. The molecule has 2 heterocycles. The molecule has 0 spiro atoms. The molecule has 0 saturated carbocycles. The molecule has 1 aromatic carbocycles. The van der Waals surface area contributed by atoms with Crippen LogP contribution in [0.4, 0.5) is 13.2 Å². The third-order valence-electron chi connectivity index (χ3n) is 3.50. The van der Waals surface area contributed by atoms with Gasteiger partial charge in [-0.3, -0.25) is 0 Å². The Hall–Kier alpha value is -3.03. The monoisotopic (exact) mass is 366 g/mol. The number of carbonyl (C=O) groups is 2.